The minimum atomic E-state index is -0.192. The van der Waals surface area contributed by atoms with Gasteiger partial charge in [-0.2, -0.15) is 0 Å². The van der Waals surface area contributed by atoms with Crippen LogP contribution in [0.15, 0.2) is 53.1 Å². The largest absolute Gasteiger partial charge is 0.461 e. The predicted octanol–water partition coefficient (Wildman–Crippen LogP) is 3.87. The summed E-state index contributed by atoms with van der Waals surface area (Å²) in [6.45, 7) is 3.00. The van der Waals surface area contributed by atoms with Crippen LogP contribution in [-0.4, -0.2) is 34.7 Å². The first-order chi connectivity index (χ1) is 12.6. The summed E-state index contributed by atoms with van der Waals surface area (Å²) in [5, 5.41) is 0.923. The second kappa shape index (κ2) is 6.75. The monoisotopic (exact) mass is 348 g/mol. The first kappa shape index (κ1) is 16.5. The van der Waals surface area contributed by atoms with Crippen molar-refractivity contribution in [3.8, 4) is 0 Å². The molecule has 0 N–H and O–H groups in total. The topological polar surface area (TPSA) is 63.4 Å². The van der Waals surface area contributed by atoms with Gasteiger partial charge in [-0.05, 0) is 56.2 Å². The molecule has 26 heavy (non-hydrogen) atoms. The molecule has 5 heteroatoms. The highest BCUT2D eigenvalue weighted by atomic mass is 16.3. The van der Waals surface area contributed by atoms with Crippen LogP contribution in [0.3, 0.4) is 0 Å². The van der Waals surface area contributed by atoms with Gasteiger partial charge in [0.15, 0.2) is 5.78 Å². The lowest BCUT2D eigenvalue weighted by Crippen LogP contribution is -2.42. The lowest BCUT2D eigenvalue weighted by atomic mass is 9.91. The van der Waals surface area contributed by atoms with Gasteiger partial charge in [-0.3, -0.25) is 14.6 Å². The number of amides is 1. The normalized spacial score (nSPS) is 17.4. The molecule has 132 valence electrons. The maximum Gasteiger partial charge on any atom is 0.253 e. The van der Waals surface area contributed by atoms with Crippen molar-refractivity contribution < 1.29 is 14.0 Å². The van der Waals surface area contributed by atoms with Crippen molar-refractivity contribution in [2.45, 2.75) is 19.8 Å². The maximum atomic E-state index is 12.9. The molecule has 1 unspecified atom stereocenters. The van der Waals surface area contributed by atoms with Crippen molar-refractivity contribution in [1.29, 1.82) is 0 Å². The number of likely N-dealkylation sites (tertiary alicyclic amines) is 1. The first-order valence-corrected chi connectivity index (χ1v) is 8.86. The van der Waals surface area contributed by atoms with Gasteiger partial charge in [0.2, 0.25) is 0 Å². The molecule has 1 saturated heterocycles. The molecule has 1 aliphatic rings. The van der Waals surface area contributed by atoms with Crippen molar-refractivity contribution in [3.05, 3.63) is 65.7 Å². The zero-order valence-electron chi connectivity index (χ0n) is 14.6. The van der Waals surface area contributed by atoms with Crippen LogP contribution in [0.5, 0.6) is 0 Å². The molecule has 5 nitrogen and oxygen atoms in total. The Hall–Kier alpha value is -2.95. The molecule has 0 radical (unpaired) electrons. The van der Waals surface area contributed by atoms with E-state index in [1.807, 2.05) is 31.2 Å². The molecule has 1 aliphatic heterocycles. The van der Waals surface area contributed by atoms with E-state index in [9.17, 15) is 9.59 Å². The lowest BCUT2D eigenvalue weighted by Gasteiger charge is -2.32. The van der Waals surface area contributed by atoms with Gasteiger partial charge < -0.3 is 9.32 Å². The Labute approximate surface area is 151 Å². The van der Waals surface area contributed by atoms with Crippen LogP contribution in [0, 0.1) is 12.8 Å². The second-order valence-electron chi connectivity index (χ2n) is 6.78. The maximum absolute atomic E-state index is 12.9. The highest BCUT2D eigenvalue weighted by molar-refractivity contribution is 5.99. The van der Waals surface area contributed by atoms with Crippen LogP contribution in [0.25, 0.3) is 11.0 Å². The van der Waals surface area contributed by atoms with Gasteiger partial charge in [-0.25, -0.2) is 0 Å². The summed E-state index contributed by atoms with van der Waals surface area (Å²) >= 11 is 0. The molecule has 0 spiro atoms. The molecule has 3 heterocycles. The standard InChI is InChI=1S/C21H20N2O3/c1-14-11-17-12-15(7-8-19(17)26-14)21(25)23-10-4-5-16(13-23)20(24)18-6-2-3-9-22-18/h2-3,6-9,11-12,16H,4-5,10,13H2,1H3. The van der Waals surface area contributed by atoms with E-state index >= 15 is 0 Å². The molecule has 1 fully saturated rings. The quantitative estimate of drug-likeness (QED) is 0.674. The fourth-order valence-electron chi connectivity index (χ4n) is 3.58. The van der Waals surface area contributed by atoms with Gasteiger partial charge in [0.1, 0.15) is 17.0 Å². The molecule has 0 aliphatic carbocycles. The first-order valence-electron chi connectivity index (χ1n) is 8.86. The number of hydrogen-bond acceptors (Lipinski definition) is 4. The number of ketones is 1. The summed E-state index contributed by atoms with van der Waals surface area (Å²) in [6.07, 6.45) is 3.24. The summed E-state index contributed by atoms with van der Waals surface area (Å²) in [5.74, 6) is 0.611. The van der Waals surface area contributed by atoms with Crippen molar-refractivity contribution >= 4 is 22.7 Å². The minimum Gasteiger partial charge on any atom is -0.461 e. The fourth-order valence-corrected chi connectivity index (χ4v) is 3.58. The summed E-state index contributed by atoms with van der Waals surface area (Å²) in [7, 11) is 0. The zero-order valence-corrected chi connectivity index (χ0v) is 14.6. The predicted molar refractivity (Wildman–Crippen MR) is 98.1 cm³/mol. The number of benzene rings is 1. The van der Waals surface area contributed by atoms with E-state index < -0.39 is 0 Å². The highest BCUT2D eigenvalue weighted by Crippen LogP contribution is 2.24. The van der Waals surface area contributed by atoms with Crippen molar-refractivity contribution in [3.63, 3.8) is 0 Å². The Morgan fingerprint density at radius 1 is 1.19 bits per heavy atom. The van der Waals surface area contributed by atoms with E-state index in [0.29, 0.717) is 24.3 Å². The van der Waals surface area contributed by atoms with Crippen LogP contribution in [0.4, 0.5) is 0 Å². The molecular formula is C21H20N2O3. The minimum absolute atomic E-state index is 0.0176. The molecule has 0 bridgehead atoms. The number of nitrogens with zero attached hydrogens (tertiary/aromatic N) is 2. The number of fused-ring (bicyclic) bond motifs is 1. The van der Waals surface area contributed by atoms with E-state index in [-0.39, 0.29) is 17.6 Å². The lowest BCUT2D eigenvalue weighted by molar-refractivity contribution is 0.0635. The molecule has 1 amide bonds. The summed E-state index contributed by atoms with van der Waals surface area (Å²) < 4.78 is 5.57. The van der Waals surface area contributed by atoms with Crippen LogP contribution < -0.4 is 0 Å². The number of aryl methyl sites for hydroxylation is 1. The van der Waals surface area contributed by atoms with Gasteiger partial charge in [0.25, 0.3) is 5.91 Å². The molecule has 4 rings (SSSR count). The van der Waals surface area contributed by atoms with Gasteiger partial charge in [-0.15, -0.1) is 0 Å². The van der Waals surface area contributed by atoms with E-state index in [0.717, 1.165) is 29.6 Å². The number of carbonyl (C=O) groups is 2. The zero-order chi connectivity index (χ0) is 18.1. The summed E-state index contributed by atoms with van der Waals surface area (Å²) in [5.41, 5.74) is 1.88. The van der Waals surface area contributed by atoms with Crippen LogP contribution >= 0.6 is 0 Å². The van der Waals surface area contributed by atoms with E-state index in [1.165, 1.54) is 0 Å². The van der Waals surface area contributed by atoms with Gasteiger partial charge >= 0.3 is 0 Å². The number of pyridine rings is 1. The van der Waals surface area contributed by atoms with Crippen molar-refractivity contribution in [2.24, 2.45) is 5.92 Å². The Kier molecular flexibility index (Phi) is 4.29. The van der Waals surface area contributed by atoms with Crippen LogP contribution in [0.1, 0.15) is 39.4 Å². The van der Waals surface area contributed by atoms with Gasteiger partial charge in [0.05, 0.1) is 0 Å². The Balaban J connectivity index is 1.53. The van der Waals surface area contributed by atoms with E-state index in [1.54, 1.807) is 29.3 Å². The Morgan fingerprint density at radius 2 is 2.08 bits per heavy atom. The number of rotatable bonds is 3. The molecule has 3 aromatic rings. The third-order valence-corrected chi connectivity index (χ3v) is 4.88. The number of carbonyl (C=O) groups excluding carboxylic acids is 2. The van der Waals surface area contributed by atoms with Crippen molar-refractivity contribution in [1.82, 2.24) is 9.88 Å². The van der Waals surface area contributed by atoms with Crippen molar-refractivity contribution in [2.75, 3.05) is 13.1 Å². The van der Waals surface area contributed by atoms with Crippen LogP contribution in [0.2, 0.25) is 0 Å². The summed E-state index contributed by atoms with van der Waals surface area (Å²) in [6, 6.07) is 12.7. The van der Waals surface area contributed by atoms with Gasteiger partial charge in [0, 0.05) is 36.2 Å². The molecule has 1 aromatic carbocycles. The number of Topliss-reactive ketones (excluding diaryl/α,β-unsaturated/α-hetero) is 1. The number of furan rings is 1. The third-order valence-electron chi connectivity index (χ3n) is 4.88. The summed E-state index contributed by atoms with van der Waals surface area (Å²) in [4.78, 5) is 31.5. The SMILES string of the molecule is Cc1cc2cc(C(=O)N3CCCC(C(=O)c4ccccn4)C3)ccc2o1. The van der Waals surface area contributed by atoms with Crippen LogP contribution in [-0.2, 0) is 0 Å². The molecular weight excluding hydrogens is 328 g/mol. The smallest absolute Gasteiger partial charge is 0.253 e. The van der Waals surface area contributed by atoms with Gasteiger partial charge in [-0.1, -0.05) is 6.07 Å². The van der Waals surface area contributed by atoms with E-state index in [4.69, 9.17) is 4.42 Å². The Bertz CT molecular complexity index is 962. The average Bonchev–Trinajstić information content (AvgIpc) is 3.06. The number of hydrogen-bond donors (Lipinski definition) is 0. The van der Waals surface area contributed by atoms with E-state index in [2.05, 4.69) is 4.98 Å². The molecule has 0 saturated carbocycles. The number of piperidine rings is 1. The average molecular weight is 348 g/mol. The highest BCUT2D eigenvalue weighted by Gasteiger charge is 2.30. The molecule has 2 aromatic heterocycles. The Morgan fingerprint density at radius 3 is 2.88 bits per heavy atom. The number of aromatic nitrogens is 1. The fraction of sp³-hybridized carbons (Fsp3) is 0.286. The molecule has 1 atom stereocenters. The third kappa shape index (κ3) is 3.12. The second-order valence-corrected chi connectivity index (χ2v) is 6.78.